The minimum atomic E-state index is -0.288. The fourth-order valence-corrected chi connectivity index (χ4v) is 3.77. The molecule has 31 heavy (non-hydrogen) atoms. The number of aryl methyl sites for hydroxylation is 1. The van der Waals surface area contributed by atoms with Crippen molar-refractivity contribution >= 4 is 0 Å². The van der Waals surface area contributed by atoms with E-state index in [2.05, 4.69) is 11.1 Å². The highest BCUT2D eigenvalue weighted by atomic mass is 19.1. The van der Waals surface area contributed by atoms with Gasteiger partial charge in [-0.3, -0.25) is 0 Å². The van der Waals surface area contributed by atoms with Gasteiger partial charge in [0.25, 0.3) is 0 Å². The lowest BCUT2D eigenvalue weighted by Crippen LogP contribution is -2.28. The molecule has 160 valence electrons. The molecule has 2 atom stereocenters. The normalized spacial score (nSPS) is 18.6. The van der Waals surface area contributed by atoms with Crippen molar-refractivity contribution in [1.29, 1.82) is 5.26 Å². The molecule has 1 aromatic heterocycles. The first-order valence-electron chi connectivity index (χ1n) is 10.5. The zero-order valence-electron chi connectivity index (χ0n) is 17.5. The van der Waals surface area contributed by atoms with Crippen molar-refractivity contribution < 1.29 is 18.3 Å². The van der Waals surface area contributed by atoms with Crippen molar-refractivity contribution in [3.8, 4) is 17.5 Å². The highest BCUT2D eigenvalue weighted by Gasteiger charge is 2.24. The lowest BCUT2D eigenvalue weighted by atomic mass is 9.95. The summed E-state index contributed by atoms with van der Waals surface area (Å²) in [6.07, 6.45) is 4.19. The van der Waals surface area contributed by atoms with Crippen LogP contribution in [0.15, 0.2) is 52.9 Å². The number of halogens is 1. The van der Waals surface area contributed by atoms with Gasteiger partial charge in [-0.15, -0.1) is 0 Å². The van der Waals surface area contributed by atoms with Crippen LogP contribution < -0.4 is 0 Å². The maximum Gasteiger partial charge on any atom is 0.226 e. The summed E-state index contributed by atoms with van der Waals surface area (Å²) >= 11 is 0. The highest BCUT2D eigenvalue weighted by Crippen LogP contribution is 2.27. The SMILES string of the molecule is Cc1oc(-c2ccc(F)cc2)nc1CO[C@H]1CCC[C@@H](OCc2ccc(C#N)cc2)C1. The van der Waals surface area contributed by atoms with Crippen molar-refractivity contribution in [2.45, 2.75) is 58.0 Å². The van der Waals surface area contributed by atoms with Gasteiger partial charge in [0.05, 0.1) is 37.1 Å². The molecule has 3 aromatic rings. The summed E-state index contributed by atoms with van der Waals surface area (Å²) in [5.41, 5.74) is 3.22. The number of nitrogens with zero attached hydrogens (tertiary/aromatic N) is 2. The Morgan fingerprint density at radius 3 is 2.39 bits per heavy atom. The maximum absolute atomic E-state index is 13.1. The lowest BCUT2D eigenvalue weighted by Gasteiger charge is -2.29. The zero-order valence-corrected chi connectivity index (χ0v) is 17.5. The van der Waals surface area contributed by atoms with E-state index in [9.17, 15) is 4.39 Å². The van der Waals surface area contributed by atoms with Crippen LogP contribution >= 0.6 is 0 Å². The Morgan fingerprint density at radius 2 is 1.71 bits per heavy atom. The number of aromatic nitrogens is 1. The minimum absolute atomic E-state index is 0.116. The van der Waals surface area contributed by atoms with Gasteiger partial charge in [0.1, 0.15) is 17.3 Å². The van der Waals surface area contributed by atoms with E-state index in [0.29, 0.717) is 30.4 Å². The number of hydrogen-bond acceptors (Lipinski definition) is 5. The smallest absolute Gasteiger partial charge is 0.226 e. The molecule has 1 aliphatic carbocycles. The van der Waals surface area contributed by atoms with Crippen LogP contribution in [0.4, 0.5) is 4.39 Å². The molecule has 1 aliphatic rings. The first kappa shape index (κ1) is 21.2. The van der Waals surface area contributed by atoms with E-state index >= 15 is 0 Å². The van der Waals surface area contributed by atoms with Gasteiger partial charge in [-0.05, 0) is 74.6 Å². The molecule has 1 heterocycles. The molecular formula is C25H25FN2O3. The van der Waals surface area contributed by atoms with Crippen molar-refractivity contribution in [3.05, 3.63) is 76.9 Å². The predicted molar refractivity (Wildman–Crippen MR) is 113 cm³/mol. The van der Waals surface area contributed by atoms with Crippen LogP contribution in [0.5, 0.6) is 0 Å². The summed E-state index contributed by atoms with van der Waals surface area (Å²) in [5, 5.41) is 8.89. The van der Waals surface area contributed by atoms with E-state index < -0.39 is 0 Å². The number of ether oxygens (including phenoxy) is 2. The molecule has 0 N–H and O–H groups in total. The fourth-order valence-electron chi connectivity index (χ4n) is 3.77. The number of rotatable bonds is 7. The molecule has 0 aliphatic heterocycles. The van der Waals surface area contributed by atoms with Gasteiger partial charge >= 0.3 is 0 Å². The second-order valence-electron chi connectivity index (χ2n) is 7.87. The minimum Gasteiger partial charge on any atom is -0.441 e. The van der Waals surface area contributed by atoms with Gasteiger partial charge < -0.3 is 13.9 Å². The Kier molecular flexibility index (Phi) is 6.76. The van der Waals surface area contributed by atoms with Gasteiger partial charge in [0.15, 0.2) is 0 Å². The molecule has 5 nitrogen and oxygen atoms in total. The lowest BCUT2D eigenvalue weighted by molar-refractivity contribution is -0.0562. The first-order valence-corrected chi connectivity index (χ1v) is 10.5. The van der Waals surface area contributed by atoms with Crippen molar-refractivity contribution in [1.82, 2.24) is 4.98 Å². The summed E-state index contributed by atoms with van der Waals surface area (Å²) in [6.45, 7) is 2.78. The number of nitriles is 1. The van der Waals surface area contributed by atoms with E-state index in [1.54, 1.807) is 12.1 Å². The molecule has 0 amide bonds. The topological polar surface area (TPSA) is 68.3 Å². The molecule has 0 spiro atoms. The molecule has 6 heteroatoms. The highest BCUT2D eigenvalue weighted by molar-refractivity contribution is 5.53. The van der Waals surface area contributed by atoms with Crippen LogP contribution in [0.2, 0.25) is 0 Å². The molecule has 4 rings (SSSR count). The summed E-state index contributed by atoms with van der Waals surface area (Å²) in [4.78, 5) is 4.53. The van der Waals surface area contributed by atoms with Crippen molar-refractivity contribution in [2.75, 3.05) is 0 Å². The Morgan fingerprint density at radius 1 is 1.03 bits per heavy atom. The van der Waals surface area contributed by atoms with Crippen LogP contribution in [0, 0.1) is 24.1 Å². The maximum atomic E-state index is 13.1. The number of benzene rings is 2. The Balaban J connectivity index is 1.28. The Labute approximate surface area is 181 Å². The summed E-state index contributed by atoms with van der Waals surface area (Å²) in [6, 6.07) is 15.7. The van der Waals surface area contributed by atoms with Gasteiger partial charge in [-0.2, -0.15) is 5.26 Å². The van der Waals surface area contributed by atoms with E-state index in [0.717, 1.165) is 42.5 Å². The second kappa shape index (κ2) is 9.86. The second-order valence-corrected chi connectivity index (χ2v) is 7.87. The van der Waals surface area contributed by atoms with Crippen LogP contribution in [-0.4, -0.2) is 17.2 Å². The van der Waals surface area contributed by atoms with Crippen LogP contribution in [-0.2, 0) is 22.7 Å². The molecule has 0 radical (unpaired) electrons. The van der Waals surface area contributed by atoms with Crippen LogP contribution in [0.25, 0.3) is 11.5 Å². The Bertz CT molecular complexity index is 1040. The molecule has 1 fully saturated rings. The monoisotopic (exact) mass is 420 g/mol. The fraction of sp³-hybridized carbons (Fsp3) is 0.360. The zero-order chi connectivity index (χ0) is 21.6. The number of oxazole rings is 1. The Hall–Kier alpha value is -3.01. The average molecular weight is 420 g/mol. The average Bonchev–Trinajstić information content (AvgIpc) is 3.18. The standard InChI is InChI=1S/C25H25FN2O3/c1-17-24(28-25(31-17)20-9-11-21(26)12-10-20)16-30-23-4-2-3-22(13-23)29-15-19-7-5-18(14-27)6-8-19/h5-12,22-23H,2-4,13,15-16H2,1H3/t22-,23+/m1/s1. The first-order chi connectivity index (χ1) is 15.1. The predicted octanol–water partition coefficient (Wildman–Crippen LogP) is 5.71. The summed E-state index contributed by atoms with van der Waals surface area (Å²) < 4.78 is 31.1. The van der Waals surface area contributed by atoms with E-state index in [1.807, 2.05) is 31.2 Å². The van der Waals surface area contributed by atoms with Crippen molar-refractivity contribution in [3.63, 3.8) is 0 Å². The quantitative estimate of drug-likeness (QED) is 0.490. The largest absolute Gasteiger partial charge is 0.441 e. The van der Waals surface area contributed by atoms with E-state index in [4.69, 9.17) is 19.2 Å². The molecule has 0 saturated heterocycles. The number of hydrogen-bond donors (Lipinski definition) is 0. The third kappa shape index (κ3) is 5.57. The summed E-state index contributed by atoms with van der Waals surface area (Å²) in [5.74, 6) is 0.899. The van der Waals surface area contributed by atoms with Crippen LogP contribution in [0.3, 0.4) is 0 Å². The van der Waals surface area contributed by atoms with Crippen molar-refractivity contribution in [2.24, 2.45) is 0 Å². The molecule has 2 aromatic carbocycles. The molecule has 0 unspecified atom stereocenters. The van der Waals surface area contributed by atoms with E-state index in [1.165, 1.54) is 12.1 Å². The molecule has 1 saturated carbocycles. The van der Waals surface area contributed by atoms with Gasteiger partial charge in [0, 0.05) is 5.56 Å². The molecule has 0 bridgehead atoms. The van der Waals surface area contributed by atoms with Gasteiger partial charge in [-0.25, -0.2) is 9.37 Å². The van der Waals surface area contributed by atoms with Crippen LogP contribution in [0.1, 0.15) is 48.3 Å². The third-order valence-corrected chi connectivity index (χ3v) is 5.59. The van der Waals surface area contributed by atoms with Gasteiger partial charge in [-0.1, -0.05) is 12.1 Å². The summed E-state index contributed by atoms with van der Waals surface area (Å²) in [7, 11) is 0. The van der Waals surface area contributed by atoms with Gasteiger partial charge in [0.2, 0.25) is 5.89 Å². The third-order valence-electron chi connectivity index (χ3n) is 5.59. The van der Waals surface area contributed by atoms with E-state index in [-0.39, 0.29) is 18.0 Å². The molecular weight excluding hydrogens is 395 g/mol.